The number of Topliss-reactive ketones (excluding diaryl/α,β-unsaturated/α-hetero) is 1. The molecule has 0 saturated heterocycles. The van der Waals surface area contributed by atoms with Crippen LogP contribution >= 0.6 is 0 Å². The van der Waals surface area contributed by atoms with Crippen molar-refractivity contribution in [2.45, 2.75) is 51.5 Å². The highest BCUT2D eigenvalue weighted by molar-refractivity contribution is 5.91. The minimum absolute atomic E-state index is 0.0106. The summed E-state index contributed by atoms with van der Waals surface area (Å²) >= 11 is 0. The van der Waals surface area contributed by atoms with E-state index in [1.165, 1.54) is 13.8 Å². The lowest BCUT2D eigenvalue weighted by Crippen LogP contribution is -2.56. The summed E-state index contributed by atoms with van der Waals surface area (Å²) in [5.74, 6) is -1.79. The van der Waals surface area contributed by atoms with Gasteiger partial charge >= 0.3 is 6.09 Å². The SMILES string of the molecule is CC(=O)CC[C@@H](NC(=O)[C@@H](NC(=O)OCc1ccccc1)[C@@H](C)O)C(N)=O. The van der Waals surface area contributed by atoms with E-state index in [4.69, 9.17) is 10.5 Å². The fraction of sp³-hybridized carbons (Fsp3) is 0.444. The van der Waals surface area contributed by atoms with E-state index in [0.717, 1.165) is 5.56 Å². The molecular weight excluding hydrogens is 354 g/mol. The number of amides is 3. The normalized spacial score (nSPS) is 13.7. The molecule has 3 amide bonds. The van der Waals surface area contributed by atoms with Crippen LogP contribution in [0.5, 0.6) is 0 Å². The highest BCUT2D eigenvalue weighted by Crippen LogP contribution is 2.03. The van der Waals surface area contributed by atoms with Gasteiger partial charge in [0.15, 0.2) is 0 Å². The molecular formula is C18H25N3O6. The number of aliphatic hydroxyl groups is 1. The maximum Gasteiger partial charge on any atom is 0.408 e. The molecule has 9 nitrogen and oxygen atoms in total. The Balaban J connectivity index is 2.64. The van der Waals surface area contributed by atoms with Crippen LogP contribution in [-0.4, -0.2) is 47.0 Å². The van der Waals surface area contributed by atoms with Crippen molar-refractivity contribution in [3.63, 3.8) is 0 Å². The molecule has 0 unspecified atom stereocenters. The van der Waals surface area contributed by atoms with Crippen molar-refractivity contribution < 1.29 is 29.0 Å². The summed E-state index contributed by atoms with van der Waals surface area (Å²) in [5, 5.41) is 14.4. The van der Waals surface area contributed by atoms with E-state index >= 15 is 0 Å². The molecule has 5 N–H and O–H groups in total. The van der Waals surface area contributed by atoms with Gasteiger partial charge in [-0.25, -0.2) is 4.79 Å². The molecule has 0 saturated carbocycles. The van der Waals surface area contributed by atoms with Crippen molar-refractivity contribution in [2.75, 3.05) is 0 Å². The van der Waals surface area contributed by atoms with E-state index in [2.05, 4.69) is 10.6 Å². The predicted octanol–water partition coefficient (Wildman–Crippen LogP) is 0.00150. The number of alkyl carbamates (subject to hydrolysis) is 1. The summed E-state index contributed by atoms with van der Waals surface area (Å²) < 4.78 is 5.01. The number of primary amides is 1. The van der Waals surface area contributed by atoms with Gasteiger partial charge in [-0.15, -0.1) is 0 Å². The Morgan fingerprint density at radius 1 is 1.15 bits per heavy atom. The Bertz CT molecular complexity index is 662. The minimum atomic E-state index is -1.35. The molecule has 0 aliphatic rings. The maximum absolute atomic E-state index is 12.3. The van der Waals surface area contributed by atoms with Crippen LogP contribution in [0.15, 0.2) is 30.3 Å². The smallest absolute Gasteiger partial charge is 0.408 e. The lowest BCUT2D eigenvalue weighted by Gasteiger charge is -2.23. The monoisotopic (exact) mass is 379 g/mol. The maximum atomic E-state index is 12.3. The third-order valence-corrected chi connectivity index (χ3v) is 3.70. The Labute approximate surface area is 157 Å². The van der Waals surface area contributed by atoms with Crippen molar-refractivity contribution in [2.24, 2.45) is 5.73 Å². The molecule has 0 radical (unpaired) electrons. The molecule has 1 rings (SSSR count). The summed E-state index contributed by atoms with van der Waals surface area (Å²) in [7, 11) is 0. The number of hydrogen-bond acceptors (Lipinski definition) is 6. The average Bonchev–Trinajstić information content (AvgIpc) is 2.61. The van der Waals surface area contributed by atoms with E-state index in [-0.39, 0.29) is 25.2 Å². The van der Waals surface area contributed by atoms with Crippen LogP contribution in [-0.2, 0) is 25.7 Å². The van der Waals surface area contributed by atoms with Gasteiger partial charge in [0.1, 0.15) is 24.5 Å². The predicted molar refractivity (Wildman–Crippen MR) is 96.3 cm³/mol. The van der Waals surface area contributed by atoms with Gasteiger partial charge in [-0.2, -0.15) is 0 Å². The van der Waals surface area contributed by atoms with E-state index in [1.807, 2.05) is 6.07 Å². The first-order valence-electron chi connectivity index (χ1n) is 8.45. The van der Waals surface area contributed by atoms with Crippen molar-refractivity contribution in [1.82, 2.24) is 10.6 Å². The zero-order chi connectivity index (χ0) is 20.4. The second-order valence-corrected chi connectivity index (χ2v) is 6.13. The topological polar surface area (TPSA) is 148 Å². The molecule has 0 spiro atoms. The first kappa shape index (κ1) is 22.1. The molecule has 148 valence electrons. The van der Waals surface area contributed by atoms with Gasteiger partial charge in [-0.3, -0.25) is 9.59 Å². The lowest BCUT2D eigenvalue weighted by molar-refractivity contribution is -0.130. The third-order valence-electron chi connectivity index (χ3n) is 3.70. The summed E-state index contributed by atoms with van der Waals surface area (Å²) in [5.41, 5.74) is 5.97. The van der Waals surface area contributed by atoms with Gasteiger partial charge in [-0.1, -0.05) is 30.3 Å². The fourth-order valence-electron chi connectivity index (χ4n) is 2.19. The van der Waals surface area contributed by atoms with Crippen LogP contribution in [0.4, 0.5) is 4.79 Å². The summed E-state index contributed by atoms with van der Waals surface area (Å²) in [6.45, 7) is 2.64. The van der Waals surface area contributed by atoms with Crippen LogP contribution in [0.2, 0.25) is 0 Å². The van der Waals surface area contributed by atoms with E-state index in [0.29, 0.717) is 0 Å². The molecule has 9 heteroatoms. The van der Waals surface area contributed by atoms with Crippen LogP contribution < -0.4 is 16.4 Å². The lowest BCUT2D eigenvalue weighted by atomic mass is 10.1. The van der Waals surface area contributed by atoms with Crippen LogP contribution in [0, 0.1) is 0 Å². The second-order valence-electron chi connectivity index (χ2n) is 6.13. The quantitative estimate of drug-likeness (QED) is 0.450. The van der Waals surface area contributed by atoms with Gasteiger partial charge < -0.3 is 31.0 Å². The number of rotatable bonds is 10. The fourth-order valence-corrected chi connectivity index (χ4v) is 2.19. The molecule has 0 aromatic heterocycles. The first-order chi connectivity index (χ1) is 12.7. The largest absolute Gasteiger partial charge is 0.445 e. The molecule has 0 aliphatic heterocycles. The number of nitrogens with one attached hydrogen (secondary N) is 2. The molecule has 0 heterocycles. The van der Waals surface area contributed by atoms with Crippen molar-refractivity contribution in [3.05, 3.63) is 35.9 Å². The van der Waals surface area contributed by atoms with Crippen molar-refractivity contribution >= 4 is 23.7 Å². The molecule has 3 atom stereocenters. The molecule has 27 heavy (non-hydrogen) atoms. The molecule has 0 fully saturated rings. The first-order valence-corrected chi connectivity index (χ1v) is 8.45. The number of carbonyl (C=O) groups excluding carboxylic acids is 4. The van der Waals surface area contributed by atoms with E-state index in [1.54, 1.807) is 24.3 Å². The highest BCUT2D eigenvalue weighted by Gasteiger charge is 2.29. The van der Waals surface area contributed by atoms with E-state index in [9.17, 15) is 24.3 Å². The Kier molecular flexibility index (Phi) is 8.94. The number of ether oxygens (including phenoxy) is 1. The van der Waals surface area contributed by atoms with Crippen LogP contribution in [0.1, 0.15) is 32.3 Å². The molecule has 1 aromatic carbocycles. The molecule has 1 aromatic rings. The summed E-state index contributed by atoms with van der Waals surface area (Å²) in [6, 6.07) is 6.47. The summed E-state index contributed by atoms with van der Waals surface area (Å²) in [4.78, 5) is 46.7. The summed E-state index contributed by atoms with van der Waals surface area (Å²) in [6.07, 6.45) is -2.07. The minimum Gasteiger partial charge on any atom is -0.445 e. The average molecular weight is 379 g/mol. The van der Waals surface area contributed by atoms with Gasteiger partial charge in [0, 0.05) is 6.42 Å². The highest BCUT2D eigenvalue weighted by atomic mass is 16.5. The standard InChI is InChI=1S/C18H25N3O6/c1-11(22)8-9-14(16(19)24)20-17(25)15(12(2)23)21-18(26)27-10-13-6-4-3-5-7-13/h3-7,12,14-15,23H,8-10H2,1-2H3,(H2,19,24)(H,20,25)(H,21,26)/t12-,14-,15+/m1/s1. The molecule has 0 bridgehead atoms. The Hall–Kier alpha value is -2.94. The number of ketones is 1. The van der Waals surface area contributed by atoms with Crippen LogP contribution in [0.3, 0.4) is 0 Å². The van der Waals surface area contributed by atoms with Crippen molar-refractivity contribution in [3.8, 4) is 0 Å². The van der Waals surface area contributed by atoms with Crippen molar-refractivity contribution in [1.29, 1.82) is 0 Å². The van der Waals surface area contributed by atoms with Gasteiger partial charge in [0.05, 0.1) is 6.10 Å². The van der Waals surface area contributed by atoms with E-state index < -0.39 is 36.1 Å². The number of hydrogen-bond donors (Lipinski definition) is 4. The Morgan fingerprint density at radius 2 is 1.78 bits per heavy atom. The Morgan fingerprint density at radius 3 is 2.30 bits per heavy atom. The van der Waals surface area contributed by atoms with Gasteiger partial charge in [0.2, 0.25) is 11.8 Å². The number of nitrogens with two attached hydrogens (primary N) is 1. The second kappa shape index (κ2) is 10.9. The van der Waals surface area contributed by atoms with Crippen LogP contribution in [0.25, 0.3) is 0 Å². The number of benzene rings is 1. The third kappa shape index (κ3) is 8.32. The van der Waals surface area contributed by atoms with Gasteiger partial charge in [0.25, 0.3) is 0 Å². The van der Waals surface area contributed by atoms with Gasteiger partial charge in [-0.05, 0) is 25.8 Å². The number of carbonyl (C=O) groups is 4. The zero-order valence-electron chi connectivity index (χ0n) is 15.3. The number of aliphatic hydroxyl groups excluding tert-OH is 1. The molecule has 0 aliphatic carbocycles. The zero-order valence-corrected chi connectivity index (χ0v) is 15.3.